The summed E-state index contributed by atoms with van der Waals surface area (Å²) in [5.41, 5.74) is 4.14. The molecule has 2 N–H and O–H groups in total. The van der Waals surface area contributed by atoms with E-state index in [0.717, 1.165) is 54.0 Å². The van der Waals surface area contributed by atoms with Crippen molar-refractivity contribution in [3.63, 3.8) is 0 Å². The molecule has 8 nitrogen and oxygen atoms in total. The summed E-state index contributed by atoms with van der Waals surface area (Å²) >= 11 is 5.50. The van der Waals surface area contributed by atoms with Crippen molar-refractivity contribution in [3.05, 3.63) is 62.4 Å². The van der Waals surface area contributed by atoms with Gasteiger partial charge in [0.1, 0.15) is 10.3 Å². The van der Waals surface area contributed by atoms with Crippen LogP contribution in [-0.2, 0) is 13.1 Å². The first kappa shape index (κ1) is 23.1. The zero-order chi connectivity index (χ0) is 23.7. The van der Waals surface area contributed by atoms with Gasteiger partial charge in [-0.25, -0.2) is 9.78 Å². The Kier molecular flexibility index (Phi) is 6.62. The topological polar surface area (TPSA) is 86.3 Å². The highest BCUT2D eigenvalue weighted by molar-refractivity contribution is 7.71. The van der Waals surface area contributed by atoms with Crippen LogP contribution in [0.2, 0.25) is 0 Å². The molecule has 3 heterocycles. The molecule has 0 aliphatic carbocycles. The number of aromatic nitrogens is 3. The molecule has 1 fully saturated rings. The number of carbonyl (C=O) groups excluding carboxylic acids is 1. The number of nitrogens with zero attached hydrogens (tertiary/aromatic N) is 4. The number of benzene rings is 1. The lowest BCUT2D eigenvalue weighted by atomic mass is 10.1. The van der Waals surface area contributed by atoms with E-state index < -0.39 is 0 Å². The van der Waals surface area contributed by atoms with E-state index in [1.165, 1.54) is 0 Å². The van der Waals surface area contributed by atoms with Crippen molar-refractivity contribution in [2.75, 3.05) is 31.6 Å². The van der Waals surface area contributed by atoms with Crippen LogP contribution < -0.4 is 15.9 Å². The van der Waals surface area contributed by atoms with Crippen LogP contribution in [0.4, 0.5) is 5.69 Å². The molecule has 1 amide bonds. The first-order valence-corrected chi connectivity index (χ1v) is 11.7. The number of hydrogen-bond acceptors (Lipinski definition) is 6. The number of pyridine rings is 1. The lowest BCUT2D eigenvalue weighted by Crippen LogP contribution is -2.51. The lowest BCUT2D eigenvalue weighted by Gasteiger charge is -2.41. The Labute approximate surface area is 198 Å². The van der Waals surface area contributed by atoms with Crippen molar-refractivity contribution in [3.8, 4) is 0 Å². The Bertz CT molecular complexity index is 1310. The standard InChI is InChI=1S/C24H30N6O2S/c1-5-30-23(33)18-7-6-17(12-20(18)27-24(30)32)14-28-10-11-29(13-15(28)2)21-9-8-19(22(31)25-4)26-16(21)3/h6-9,12,15H,5,10-11,13-14H2,1-4H3,(H,25,31)(H,27,32). The molecule has 0 radical (unpaired) electrons. The Balaban J connectivity index is 1.49. The third-order valence-electron chi connectivity index (χ3n) is 6.37. The molecule has 1 aliphatic heterocycles. The number of fused-ring (bicyclic) bond motifs is 1. The summed E-state index contributed by atoms with van der Waals surface area (Å²) in [6, 6.07) is 10.3. The Morgan fingerprint density at radius 3 is 2.73 bits per heavy atom. The third-order valence-corrected chi connectivity index (χ3v) is 6.81. The molecule has 4 rings (SSSR count). The molecular formula is C24H30N6O2S. The monoisotopic (exact) mass is 466 g/mol. The highest BCUT2D eigenvalue weighted by Gasteiger charge is 2.25. The van der Waals surface area contributed by atoms with Crippen molar-refractivity contribution < 1.29 is 4.79 Å². The molecule has 33 heavy (non-hydrogen) atoms. The molecular weight excluding hydrogens is 436 g/mol. The molecule has 1 aromatic carbocycles. The zero-order valence-corrected chi connectivity index (χ0v) is 20.3. The van der Waals surface area contributed by atoms with Crippen LogP contribution in [0.3, 0.4) is 0 Å². The first-order chi connectivity index (χ1) is 15.8. The summed E-state index contributed by atoms with van der Waals surface area (Å²) in [4.78, 5) is 36.4. The number of aromatic amines is 1. The number of nitrogens with one attached hydrogen (secondary N) is 2. The fraction of sp³-hybridized carbons (Fsp3) is 0.417. The van der Waals surface area contributed by atoms with Crippen LogP contribution >= 0.6 is 12.2 Å². The third kappa shape index (κ3) is 4.56. The van der Waals surface area contributed by atoms with Crippen LogP contribution in [0.15, 0.2) is 35.1 Å². The number of hydrogen-bond donors (Lipinski definition) is 2. The van der Waals surface area contributed by atoms with E-state index in [2.05, 4.69) is 38.1 Å². The molecule has 1 aliphatic rings. The average Bonchev–Trinajstić information content (AvgIpc) is 2.80. The zero-order valence-electron chi connectivity index (χ0n) is 19.5. The highest BCUT2D eigenvalue weighted by Crippen LogP contribution is 2.24. The van der Waals surface area contributed by atoms with Crippen LogP contribution in [0.5, 0.6) is 0 Å². The maximum absolute atomic E-state index is 12.3. The maximum Gasteiger partial charge on any atom is 0.326 e. The lowest BCUT2D eigenvalue weighted by molar-refractivity contribution is 0.0958. The van der Waals surface area contributed by atoms with Crippen molar-refractivity contribution in [1.82, 2.24) is 24.8 Å². The minimum absolute atomic E-state index is 0.166. The normalized spacial score (nSPS) is 16.8. The van der Waals surface area contributed by atoms with Gasteiger partial charge in [0.15, 0.2) is 0 Å². The number of H-pyrrole nitrogens is 1. The van der Waals surface area contributed by atoms with Gasteiger partial charge in [-0.2, -0.15) is 0 Å². The molecule has 9 heteroatoms. The van der Waals surface area contributed by atoms with Gasteiger partial charge in [-0.15, -0.1) is 0 Å². The van der Waals surface area contributed by atoms with Gasteiger partial charge in [0.2, 0.25) is 0 Å². The van der Waals surface area contributed by atoms with E-state index in [9.17, 15) is 9.59 Å². The van der Waals surface area contributed by atoms with Crippen LogP contribution in [0.25, 0.3) is 10.9 Å². The summed E-state index contributed by atoms with van der Waals surface area (Å²) in [5, 5.41) is 3.52. The van der Waals surface area contributed by atoms with Crippen LogP contribution in [0.1, 0.15) is 35.6 Å². The number of piperazine rings is 1. The fourth-order valence-corrected chi connectivity index (χ4v) is 4.90. The molecule has 1 unspecified atom stereocenters. The van der Waals surface area contributed by atoms with Gasteiger partial charge >= 0.3 is 5.69 Å². The number of carbonyl (C=O) groups is 1. The molecule has 1 atom stereocenters. The van der Waals surface area contributed by atoms with Crippen molar-refractivity contribution >= 4 is 34.7 Å². The van der Waals surface area contributed by atoms with E-state index >= 15 is 0 Å². The van der Waals surface area contributed by atoms with E-state index in [0.29, 0.717) is 22.9 Å². The first-order valence-electron chi connectivity index (χ1n) is 11.3. The second-order valence-electron chi connectivity index (χ2n) is 8.51. The summed E-state index contributed by atoms with van der Waals surface area (Å²) in [5.74, 6) is -0.174. The fourth-order valence-electron chi connectivity index (χ4n) is 4.51. The second kappa shape index (κ2) is 9.44. The number of rotatable bonds is 5. The summed E-state index contributed by atoms with van der Waals surface area (Å²) in [6.07, 6.45) is 0. The number of aryl methyl sites for hydroxylation is 1. The molecule has 174 valence electrons. The number of amides is 1. The van der Waals surface area contributed by atoms with Gasteiger partial charge < -0.3 is 15.2 Å². The highest BCUT2D eigenvalue weighted by atomic mass is 32.1. The van der Waals surface area contributed by atoms with Gasteiger partial charge in [0.05, 0.1) is 16.9 Å². The van der Waals surface area contributed by atoms with Gasteiger partial charge in [-0.3, -0.25) is 14.3 Å². The van der Waals surface area contributed by atoms with Gasteiger partial charge in [-0.1, -0.05) is 18.3 Å². The van der Waals surface area contributed by atoms with E-state index in [1.54, 1.807) is 17.7 Å². The maximum atomic E-state index is 12.3. The smallest absolute Gasteiger partial charge is 0.326 e. The SMILES string of the molecule is CCn1c(=O)[nH]c2cc(CN3CCN(c4ccc(C(=O)NC)nc4C)CC3C)ccc2c1=S. The molecule has 0 spiro atoms. The van der Waals surface area contributed by atoms with Crippen molar-refractivity contribution in [2.45, 2.75) is 39.9 Å². The van der Waals surface area contributed by atoms with Gasteiger partial charge in [0.25, 0.3) is 5.91 Å². The molecule has 3 aromatic rings. The quantitative estimate of drug-likeness (QED) is 0.563. The van der Waals surface area contributed by atoms with E-state index in [-0.39, 0.29) is 11.6 Å². The second-order valence-corrected chi connectivity index (χ2v) is 8.89. The number of anilines is 1. The van der Waals surface area contributed by atoms with Gasteiger partial charge in [0, 0.05) is 51.2 Å². The predicted octanol–water partition coefficient (Wildman–Crippen LogP) is 2.85. The summed E-state index contributed by atoms with van der Waals surface area (Å²) in [6.45, 7) is 10.1. The Morgan fingerprint density at radius 1 is 1.27 bits per heavy atom. The predicted molar refractivity (Wildman–Crippen MR) is 134 cm³/mol. The Hall–Kier alpha value is -3.04. The van der Waals surface area contributed by atoms with Crippen LogP contribution in [-0.4, -0.2) is 58.1 Å². The van der Waals surface area contributed by atoms with Crippen LogP contribution in [0, 0.1) is 11.6 Å². The van der Waals surface area contributed by atoms with E-state index in [1.807, 2.05) is 32.0 Å². The van der Waals surface area contributed by atoms with Crippen molar-refractivity contribution in [1.29, 1.82) is 0 Å². The Morgan fingerprint density at radius 2 is 2.06 bits per heavy atom. The minimum Gasteiger partial charge on any atom is -0.367 e. The molecule has 0 bridgehead atoms. The summed E-state index contributed by atoms with van der Waals surface area (Å²) in [7, 11) is 1.61. The van der Waals surface area contributed by atoms with Gasteiger partial charge in [-0.05, 0) is 50.6 Å². The minimum atomic E-state index is -0.174. The average molecular weight is 467 g/mol. The molecule has 2 aromatic heterocycles. The van der Waals surface area contributed by atoms with Crippen molar-refractivity contribution in [2.24, 2.45) is 0 Å². The molecule has 1 saturated heterocycles. The van der Waals surface area contributed by atoms with E-state index in [4.69, 9.17) is 12.2 Å². The summed E-state index contributed by atoms with van der Waals surface area (Å²) < 4.78 is 2.16. The molecule has 0 saturated carbocycles. The largest absolute Gasteiger partial charge is 0.367 e.